The molecular weight excluding hydrogens is 229 g/mol. The molecule has 1 aromatic carbocycles. The highest BCUT2D eigenvalue weighted by Crippen LogP contribution is 2.23. The van der Waals surface area contributed by atoms with Crippen molar-refractivity contribution < 1.29 is 9.50 Å². The van der Waals surface area contributed by atoms with Crippen LogP contribution in [0.1, 0.15) is 5.56 Å². The van der Waals surface area contributed by atoms with Gasteiger partial charge in [-0.05, 0) is 30.3 Å². The first kappa shape index (κ1) is 11.0. The number of aromatic nitrogens is 1. The number of pyridine rings is 1. The monoisotopic (exact) mass is 237 g/mol. The SMILES string of the molecule is OCc1ccc(Cl)nc1-c1ccc(F)cc1. The van der Waals surface area contributed by atoms with Gasteiger partial charge in [0.25, 0.3) is 0 Å². The van der Waals surface area contributed by atoms with E-state index < -0.39 is 0 Å². The number of hydrogen-bond donors (Lipinski definition) is 1. The fourth-order valence-electron chi connectivity index (χ4n) is 1.45. The molecule has 0 unspecified atom stereocenters. The zero-order valence-corrected chi connectivity index (χ0v) is 9.08. The summed E-state index contributed by atoms with van der Waals surface area (Å²) in [5.41, 5.74) is 1.97. The minimum Gasteiger partial charge on any atom is -0.392 e. The molecule has 82 valence electrons. The summed E-state index contributed by atoms with van der Waals surface area (Å²) < 4.78 is 12.8. The highest BCUT2D eigenvalue weighted by atomic mass is 35.5. The van der Waals surface area contributed by atoms with Gasteiger partial charge in [0.2, 0.25) is 0 Å². The van der Waals surface area contributed by atoms with E-state index >= 15 is 0 Å². The van der Waals surface area contributed by atoms with Crippen molar-refractivity contribution in [3.8, 4) is 11.3 Å². The van der Waals surface area contributed by atoms with Crippen molar-refractivity contribution in [1.82, 2.24) is 4.98 Å². The molecule has 4 heteroatoms. The van der Waals surface area contributed by atoms with Gasteiger partial charge in [0.05, 0.1) is 12.3 Å². The van der Waals surface area contributed by atoms with E-state index in [1.165, 1.54) is 12.1 Å². The third kappa shape index (κ3) is 2.21. The van der Waals surface area contributed by atoms with Crippen LogP contribution < -0.4 is 0 Å². The first-order valence-electron chi connectivity index (χ1n) is 4.73. The molecule has 0 saturated heterocycles. The van der Waals surface area contributed by atoms with Gasteiger partial charge >= 0.3 is 0 Å². The van der Waals surface area contributed by atoms with E-state index in [1.54, 1.807) is 24.3 Å². The molecule has 0 aliphatic carbocycles. The molecule has 1 heterocycles. The minimum absolute atomic E-state index is 0.128. The molecule has 0 radical (unpaired) electrons. The topological polar surface area (TPSA) is 33.1 Å². The molecule has 0 bridgehead atoms. The van der Waals surface area contributed by atoms with E-state index in [0.29, 0.717) is 16.4 Å². The molecule has 0 spiro atoms. The van der Waals surface area contributed by atoms with Crippen molar-refractivity contribution in [2.24, 2.45) is 0 Å². The fourth-order valence-corrected chi connectivity index (χ4v) is 1.60. The lowest BCUT2D eigenvalue weighted by Crippen LogP contribution is -1.93. The molecule has 0 saturated carbocycles. The zero-order valence-electron chi connectivity index (χ0n) is 8.32. The summed E-state index contributed by atoms with van der Waals surface area (Å²) in [4.78, 5) is 4.13. The highest BCUT2D eigenvalue weighted by Gasteiger charge is 2.07. The molecule has 2 nitrogen and oxygen atoms in total. The van der Waals surface area contributed by atoms with Crippen LogP contribution in [0.15, 0.2) is 36.4 Å². The smallest absolute Gasteiger partial charge is 0.129 e. The van der Waals surface area contributed by atoms with Crippen LogP contribution in [-0.4, -0.2) is 10.1 Å². The van der Waals surface area contributed by atoms with Crippen molar-refractivity contribution >= 4 is 11.6 Å². The van der Waals surface area contributed by atoms with Crippen LogP contribution in [-0.2, 0) is 6.61 Å². The fraction of sp³-hybridized carbons (Fsp3) is 0.0833. The van der Waals surface area contributed by atoms with Gasteiger partial charge in [-0.1, -0.05) is 17.7 Å². The summed E-state index contributed by atoms with van der Waals surface area (Å²) in [6.07, 6.45) is 0. The average molecular weight is 238 g/mol. The zero-order chi connectivity index (χ0) is 11.5. The predicted octanol–water partition coefficient (Wildman–Crippen LogP) is 3.03. The van der Waals surface area contributed by atoms with Crippen LogP contribution in [0.2, 0.25) is 5.15 Å². The Bertz CT molecular complexity index is 499. The lowest BCUT2D eigenvalue weighted by atomic mass is 10.1. The van der Waals surface area contributed by atoms with E-state index in [0.717, 1.165) is 5.56 Å². The number of aliphatic hydroxyl groups is 1. The van der Waals surface area contributed by atoms with Gasteiger partial charge in [-0.15, -0.1) is 0 Å². The largest absolute Gasteiger partial charge is 0.392 e. The quantitative estimate of drug-likeness (QED) is 0.815. The van der Waals surface area contributed by atoms with Gasteiger partial charge in [-0.2, -0.15) is 0 Å². The second-order valence-corrected chi connectivity index (χ2v) is 3.69. The Kier molecular flexibility index (Phi) is 3.17. The van der Waals surface area contributed by atoms with E-state index in [4.69, 9.17) is 16.7 Å². The summed E-state index contributed by atoms with van der Waals surface area (Å²) in [5, 5.41) is 9.51. The number of rotatable bonds is 2. The van der Waals surface area contributed by atoms with Gasteiger partial charge < -0.3 is 5.11 Å². The number of halogens is 2. The Morgan fingerprint density at radius 1 is 1.12 bits per heavy atom. The molecular formula is C12H9ClFNO. The number of aliphatic hydroxyl groups excluding tert-OH is 1. The summed E-state index contributed by atoms with van der Waals surface area (Å²) in [5.74, 6) is -0.309. The van der Waals surface area contributed by atoms with Gasteiger partial charge in [-0.3, -0.25) is 0 Å². The highest BCUT2D eigenvalue weighted by molar-refractivity contribution is 6.29. The number of hydrogen-bond acceptors (Lipinski definition) is 2. The Labute approximate surface area is 97.3 Å². The van der Waals surface area contributed by atoms with Crippen LogP contribution in [0.4, 0.5) is 4.39 Å². The van der Waals surface area contributed by atoms with Crippen molar-refractivity contribution in [2.75, 3.05) is 0 Å². The van der Waals surface area contributed by atoms with Gasteiger partial charge in [0.15, 0.2) is 0 Å². The van der Waals surface area contributed by atoms with Crippen LogP contribution in [0, 0.1) is 5.82 Å². The first-order valence-corrected chi connectivity index (χ1v) is 5.10. The molecule has 0 atom stereocenters. The Morgan fingerprint density at radius 3 is 2.44 bits per heavy atom. The molecule has 1 N–H and O–H groups in total. The van der Waals surface area contributed by atoms with Crippen LogP contribution in [0.3, 0.4) is 0 Å². The Morgan fingerprint density at radius 2 is 1.81 bits per heavy atom. The van der Waals surface area contributed by atoms with E-state index in [1.807, 2.05) is 0 Å². The molecule has 0 fully saturated rings. The molecule has 0 aliphatic heterocycles. The standard InChI is InChI=1S/C12H9ClFNO/c13-11-6-3-9(7-16)12(15-11)8-1-4-10(14)5-2-8/h1-6,16H,7H2. The molecule has 0 amide bonds. The lowest BCUT2D eigenvalue weighted by molar-refractivity contribution is 0.282. The summed E-state index contributed by atoms with van der Waals surface area (Å²) in [6, 6.07) is 9.21. The molecule has 2 rings (SSSR count). The predicted molar refractivity (Wildman–Crippen MR) is 60.6 cm³/mol. The van der Waals surface area contributed by atoms with E-state index in [-0.39, 0.29) is 12.4 Å². The Hall–Kier alpha value is -1.45. The second kappa shape index (κ2) is 4.60. The van der Waals surface area contributed by atoms with E-state index in [2.05, 4.69) is 4.98 Å². The third-order valence-corrected chi connectivity index (χ3v) is 2.44. The maximum atomic E-state index is 12.8. The molecule has 16 heavy (non-hydrogen) atoms. The maximum absolute atomic E-state index is 12.8. The lowest BCUT2D eigenvalue weighted by Gasteiger charge is -2.06. The summed E-state index contributed by atoms with van der Waals surface area (Å²) >= 11 is 5.79. The van der Waals surface area contributed by atoms with Crippen molar-refractivity contribution in [3.63, 3.8) is 0 Å². The Balaban J connectivity index is 2.53. The third-order valence-electron chi connectivity index (χ3n) is 2.23. The molecule has 2 aromatic rings. The average Bonchev–Trinajstić information content (AvgIpc) is 2.30. The van der Waals surface area contributed by atoms with Gasteiger partial charge in [-0.25, -0.2) is 9.37 Å². The van der Waals surface area contributed by atoms with E-state index in [9.17, 15) is 4.39 Å². The van der Waals surface area contributed by atoms with Gasteiger partial charge in [0, 0.05) is 11.1 Å². The normalized spacial score (nSPS) is 10.4. The molecule has 1 aromatic heterocycles. The van der Waals surface area contributed by atoms with Crippen molar-refractivity contribution in [1.29, 1.82) is 0 Å². The van der Waals surface area contributed by atoms with Crippen LogP contribution >= 0.6 is 11.6 Å². The summed E-state index contributed by atoms with van der Waals surface area (Å²) in [6.45, 7) is -0.128. The maximum Gasteiger partial charge on any atom is 0.129 e. The molecule has 0 aliphatic rings. The second-order valence-electron chi connectivity index (χ2n) is 3.31. The minimum atomic E-state index is -0.309. The van der Waals surface area contributed by atoms with Crippen molar-refractivity contribution in [2.45, 2.75) is 6.61 Å². The number of benzene rings is 1. The van der Waals surface area contributed by atoms with Crippen LogP contribution in [0.5, 0.6) is 0 Å². The number of nitrogens with zero attached hydrogens (tertiary/aromatic N) is 1. The first-order chi connectivity index (χ1) is 7.70. The van der Waals surface area contributed by atoms with Crippen LogP contribution in [0.25, 0.3) is 11.3 Å². The van der Waals surface area contributed by atoms with Crippen molar-refractivity contribution in [3.05, 3.63) is 52.9 Å². The van der Waals surface area contributed by atoms with Gasteiger partial charge in [0.1, 0.15) is 11.0 Å². The summed E-state index contributed by atoms with van der Waals surface area (Å²) in [7, 11) is 0.